The van der Waals surface area contributed by atoms with Crippen molar-refractivity contribution in [2.75, 3.05) is 24.6 Å². The number of aromatic nitrogens is 1. The molecular weight excluding hydrogens is 224 g/mol. The summed E-state index contributed by atoms with van der Waals surface area (Å²) in [6.45, 7) is 5.25. The molecule has 1 saturated heterocycles. The Morgan fingerprint density at radius 3 is 2.72 bits per heavy atom. The van der Waals surface area contributed by atoms with Gasteiger partial charge in [0, 0.05) is 25.9 Å². The van der Waals surface area contributed by atoms with Crippen LogP contribution in [0, 0.1) is 5.41 Å². The number of piperidine rings is 1. The highest BCUT2D eigenvalue weighted by Crippen LogP contribution is 2.50. The molecule has 2 heterocycles. The third kappa shape index (κ3) is 2.24. The van der Waals surface area contributed by atoms with Crippen LogP contribution in [0.4, 0.5) is 5.82 Å². The standard InChI is InChI=1S/C15H22N2O/c1-2-18-13-11-15(12-13)6-9-17(10-7-15)14-5-3-4-8-16-14/h3-5,8,13H,2,6-7,9-12H2,1H3. The number of anilines is 1. The molecular formula is C15H22N2O. The maximum Gasteiger partial charge on any atom is 0.128 e. The van der Waals surface area contributed by atoms with Crippen molar-refractivity contribution in [3.63, 3.8) is 0 Å². The largest absolute Gasteiger partial charge is 0.378 e. The molecule has 0 aromatic carbocycles. The van der Waals surface area contributed by atoms with Crippen molar-refractivity contribution in [3.8, 4) is 0 Å². The second kappa shape index (κ2) is 4.88. The van der Waals surface area contributed by atoms with Crippen molar-refractivity contribution in [1.29, 1.82) is 0 Å². The summed E-state index contributed by atoms with van der Waals surface area (Å²) in [6, 6.07) is 6.16. The maximum absolute atomic E-state index is 5.69. The molecule has 0 bridgehead atoms. The van der Waals surface area contributed by atoms with Crippen molar-refractivity contribution < 1.29 is 4.74 Å². The fourth-order valence-electron chi connectivity index (χ4n) is 3.42. The van der Waals surface area contributed by atoms with Crippen LogP contribution < -0.4 is 4.90 Å². The number of hydrogen-bond donors (Lipinski definition) is 0. The molecule has 1 saturated carbocycles. The maximum atomic E-state index is 5.69. The van der Waals surface area contributed by atoms with Gasteiger partial charge in [-0.1, -0.05) is 6.07 Å². The van der Waals surface area contributed by atoms with E-state index in [4.69, 9.17) is 4.74 Å². The van der Waals surface area contributed by atoms with Gasteiger partial charge in [0.2, 0.25) is 0 Å². The summed E-state index contributed by atoms with van der Waals surface area (Å²) in [7, 11) is 0. The van der Waals surface area contributed by atoms with Crippen LogP contribution >= 0.6 is 0 Å². The summed E-state index contributed by atoms with van der Waals surface area (Å²) in [5.41, 5.74) is 0.588. The molecule has 18 heavy (non-hydrogen) atoms. The summed E-state index contributed by atoms with van der Waals surface area (Å²) in [4.78, 5) is 6.86. The summed E-state index contributed by atoms with van der Waals surface area (Å²) in [6.07, 6.45) is 7.57. The van der Waals surface area contributed by atoms with Gasteiger partial charge in [-0.3, -0.25) is 0 Å². The predicted molar refractivity (Wildman–Crippen MR) is 72.8 cm³/mol. The van der Waals surface area contributed by atoms with E-state index in [0.29, 0.717) is 11.5 Å². The Bertz CT molecular complexity index is 377. The van der Waals surface area contributed by atoms with Gasteiger partial charge in [0.1, 0.15) is 5.82 Å². The molecule has 0 atom stereocenters. The number of ether oxygens (including phenoxy) is 1. The van der Waals surface area contributed by atoms with Crippen LogP contribution in [-0.4, -0.2) is 30.8 Å². The first-order valence-electron chi connectivity index (χ1n) is 7.09. The summed E-state index contributed by atoms with van der Waals surface area (Å²) >= 11 is 0. The van der Waals surface area contributed by atoms with Crippen LogP contribution in [0.1, 0.15) is 32.6 Å². The summed E-state index contributed by atoms with van der Waals surface area (Å²) in [5, 5.41) is 0. The van der Waals surface area contributed by atoms with Crippen LogP contribution in [0.5, 0.6) is 0 Å². The smallest absolute Gasteiger partial charge is 0.128 e. The molecule has 0 amide bonds. The Kier molecular flexibility index (Phi) is 3.25. The summed E-state index contributed by atoms with van der Waals surface area (Å²) < 4.78 is 5.69. The van der Waals surface area contributed by atoms with Gasteiger partial charge < -0.3 is 9.64 Å². The minimum atomic E-state index is 0.538. The summed E-state index contributed by atoms with van der Waals surface area (Å²) in [5.74, 6) is 1.13. The van der Waals surface area contributed by atoms with E-state index in [9.17, 15) is 0 Å². The van der Waals surface area contributed by atoms with E-state index in [1.54, 1.807) is 0 Å². The van der Waals surface area contributed by atoms with E-state index in [2.05, 4.69) is 28.9 Å². The normalized spacial score (nSPS) is 23.1. The third-order valence-electron chi connectivity index (χ3n) is 4.52. The van der Waals surface area contributed by atoms with Gasteiger partial charge >= 0.3 is 0 Å². The SMILES string of the molecule is CCOC1CC2(CCN(c3ccccn3)CC2)C1. The van der Waals surface area contributed by atoms with Crippen molar-refractivity contribution in [3.05, 3.63) is 24.4 Å². The lowest BCUT2D eigenvalue weighted by Crippen LogP contribution is -2.50. The highest BCUT2D eigenvalue weighted by atomic mass is 16.5. The zero-order valence-corrected chi connectivity index (χ0v) is 11.1. The van der Waals surface area contributed by atoms with Gasteiger partial charge in [0.15, 0.2) is 0 Å². The molecule has 1 aliphatic heterocycles. The fraction of sp³-hybridized carbons (Fsp3) is 0.667. The molecule has 1 aliphatic carbocycles. The lowest BCUT2D eigenvalue weighted by Gasteiger charge is -2.52. The van der Waals surface area contributed by atoms with Crippen LogP contribution in [0.2, 0.25) is 0 Å². The fourth-order valence-corrected chi connectivity index (χ4v) is 3.42. The first-order valence-corrected chi connectivity index (χ1v) is 7.09. The average molecular weight is 246 g/mol. The molecule has 1 aromatic heterocycles. The number of nitrogens with zero attached hydrogens (tertiary/aromatic N) is 2. The molecule has 0 unspecified atom stereocenters. The number of hydrogen-bond acceptors (Lipinski definition) is 3. The Labute approximate surface area is 109 Å². The van der Waals surface area contributed by atoms with E-state index in [1.165, 1.54) is 25.7 Å². The van der Waals surface area contributed by atoms with Gasteiger partial charge in [-0.05, 0) is 50.2 Å². The molecule has 3 heteroatoms. The second-order valence-electron chi connectivity index (χ2n) is 5.66. The molecule has 0 N–H and O–H groups in total. The van der Waals surface area contributed by atoms with E-state index in [1.807, 2.05) is 12.3 Å². The van der Waals surface area contributed by atoms with Gasteiger partial charge in [-0.25, -0.2) is 4.98 Å². The minimum absolute atomic E-state index is 0.538. The Hall–Kier alpha value is -1.09. The molecule has 0 radical (unpaired) electrons. The molecule has 98 valence electrons. The Morgan fingerprint density at radius 2 is 2.11 bits per heavy atom. The quantitative estimate of drug-likeness (QED) is 0.820. The zero-order chi connectivity index (χ0) is 12.4. The molecule has 3 nitrogen and oxygen atoms in total. The lowest BCUT2D eigenvalue weighted by molar-refractivity contribution is -0.0870. The topological polar surface area (TPSA) is 25.4 Å². The minimum Gasteiger partial charge on any atom is -0.378 e. The van der Waals surface area contributed by atoms with Crippen LogP contribution in [0.25, 0.3) is 0 Å². The van der Waals surface area contributed by atoms with E-state index in [0.717, 1.165) is 25.5 Å². The van der Waals surface area contributed by atoms with E-state index in [-0.39, 0.29) is 0 Å². The highest BCUT2D eigenvalue weighted by Gasteiger charge is 2.46. The first-order chi connectivity index (χ1) is 8.81. The second-order valence-corrected chi connectivity index (χ2v) is 5.66. The van der Waals surface area contributed by atoms with Crippen molar-refractivity contribution >= 4 is 5.82 Å². The van der Waals surface area contributed by atoms with Crippen molar-refractivity contribution in [2.45, 2.75) is 38.7 Å². The monoisotopic (exact) mass is 246 g/mol. The highest BCUT2D eigenvalue weighted by molar-refractivity contribution is 5.38. The number of rotatable bonds is 3. The zero-order valence-electron chi connectivity index (χ0n) is 11.1. The van der Waals surface area contributed by atoms with Gasteiger partial charge in [0.05, 0.1) is 6.10 Å². The first kappa shape index (κ1) is 12.0. The molecule has 2 aliphatic rings. The van der Waals surface area contributed by atoms with Crippen LogP contribution in [0.15, 0.2) is 24.4 Å². The van der Waals surface area contributed by atoms with Gasteiger partial charge in [-0.2, -0.15) is 0 Å². The molecule has 1 spiro atoms. The van der Waals surface area contributed by atoms with Gasteiger partial charge in [-0.15, -0.1) is 0 Å². The number of pyridine rings is 1. The van der Waals surface area contributed by atoms with Gasteiger partial charge in [0.25, 0.3) is 0 Å². The average Bonchev–Trinajstić information content (AvgIpc) is 2.39. The van der Waals surface area contributed by atoms with Crippen LogP contribution in [0.3, 0.4) is 0 Å². The van der Waals surface area contributed by atoms with E-state index < -0.39 is 0 Å². The molecule has 2 fully saturated rings. The molecule has 3 rings (SSSR count). The van der Waals surface area contributed by atoms with Crippen molar-refractivity contribution in [1.82, 2.24) is 4.98 Å². The Balaban J connectivity index is 1.53. The predicted octanol–water partition coefficient (Wildman–Crippen LogP) is 2.87. The third-order valence-corrected chi connectivity index (χ3v) is 4.52. The lowest BCUT2D eigenvalue weighted by atomic mass is 9.61. The molecule has 1 aromatic rings. The Morgan fingerprint density at radius 1 is 1.33 bits per heavy atom. The van der Waals surface area contributed by atoms with Crippen LogP contribution in [-0.2, 0) is 4.74 Å². The van der Waals surface area contributed by atoms with Crippen molar-refractivity contribution in [2.24, 2.45) is 5.41 Å². The van der Waals surface area contributed by atoms with E-state index >= 15 is 0 Å².